The summed E-state index contributed by atoms with van der Waals surface area (Å²) < 4.78 is 14.0. The third-order valence-corrected chi connectivity index (χ3v) is 12.0. The van der Waals surface area contributed by atoms with E-state index in [-0.39, 0.29) is 85.0 Å². The van der Waals surface area contributed by atoms with Crippen LogP contribution in [0.15, 0.2) is 54.6 Å². The molecule has 64 heavy (non-hydrogen) atoms. The topological polar surface area (TPSA) is 291 Å². The van der Waals surface area contributed by atoms with Gasteiger partial charge in [-0.2, -0.15) is 11.8 Å². The van der Waals surface area contributed by atoms with Crippen LogP contribution in [0.5, 0.6) is 0 Å². The average Bonchev–Trinajstić information content (AvgIpc) is 3.27. The number of nitrogens with one attached hydrogen (secondary N) is 5. The molecule has 0 spiro atoms. The zero-order valence-electron chi connectivity index (χ0n) is 36.9. The molecule has 1 fully saturated rings. The number of hydrogen-bond acceptors (Lipinski definition) is 15. The Labute approximate surface area is 405 Å². The Morgan fingerprint density at radius 3 is 2.28 bits per heavy atom. The van der Waals surface area contributed by atoms with Crippen molar-refractivity contribution in [3.05, 3.63) is 60.2 Å². The molecule has 0 radical (unpaired) electrons. The van der Waals surface area contributed by atoms with Gasteiger partial charge in [0.25, 0.3) is 5.91 Å². The van der Waals surface area contributed by atoms with Crippen LogP contribution in [0.3, 0.4) is 0 Å². The summed E-state index contributed by atoms with van der Waals surface area (Å²) in [6, 6.07) is 13.9. The maximum absolute atomic E-state index is 12.9. The van der Waals surface area contributed by atoms with Gasteiger partial charge in [-0.25, -0.2) is 0 Å². The summed E-state index contributed by atoms with van der Waals surface area (Å²) in [5.41, 5.74) is 7.62. The zero-order chi connectivity index (χ0) is 46.2. The quantitative estimate of drug-likeness (QED) is 0.0225. The Kier molecular flexibility index (Phi) is 27.4. The van der Waals surface area contributed by atoms with E-state index in [4.69, 9.17) is 15.2 Å². The molecular weight excluding hydrogens is 880 g/mol. The molecule has 10 N–H and O–H groups in total. The summed E-state index contributed by atoms with van der Waals surface area (Å²) in [5, 5.41) is 56.2. The van der Waals surface area contributed by atoms with Gasteiger partial charge in [0.2, 0.25) is 29.4 Å². The van der Waals surface area contributed by atoms with Gasteiger partial charge in [0.15, 0.2) is 0 Å². The summed E-state index contributed by atoms with van der Waals surface area (Å²) in [6.45, 7) is 3.36. The minimum Gasteiger partial charge on any atom is -0.544 e. The smallest absolute Gasteiger partial charge is 0.544 e. The molecular formula is C43H63N6NaO12S2. The van der Waals surface area contributed by atoms with Crippen LogP contribution in [0.25, 0.3) is 11.1 Å². The number of rotatable bonds is 29. The van der Waals surface area contributed by atoms with Crippen LogP contribution >= 0.6 is 23.7 Å². The Balaban J connectivity index is 0.0000141. The number of unbranched alkanes of at least 4 members (excludes halogenated alkanes) is 2. The maximum atomic E-state index is 12.9. The number of benzene rings is 2. The normalized spacial score (nSPS) is 19.5. The molecule has 1 aliphatic rings. The van der Waals surface area contributed by atoms with Crippen LogP contribution < -0.4 is 66.4 Å². The van der Waals surface area contributed by atoms with E-state index in [1.807, 2.05) is 30.3 Å². The van der Waals surface area contributed by atoms with Crippen molar-refractivity contribution in [2.45, 2.75) is 114 Å². The van der Waals surface area contributed by atoms with Gasteiger partial charge in [0.05, 0.1) is 24.9 Å². The van der Waals surface area contributed by atoms with Gasteiger partial charge in [0.1, 0.15) is 24.2 Å². The van der Waals surface area contributed by atoms with E-state index in [0.29, 0.717) is 25.3 Å². The molecule has 0 aromatic heterocycles. The number of amides is 5. The number of nitrogens with two attached hydrogens (primary N) is 1. The minimum absolute atomic E-state index is 0. The summed E-state index contributed by atoms with van der Waals surface area (Å²) in [6.07, 6.45) is -4.23. The third-order valence-electron chi connectivity index (χ3n) is 9.94. The van der Waals surface area contributed by atoms with Gasteiger partial charge in [-0.05, 0) is 67.7 Å². The van der Waals surface area contributed by atoms with Crippen molar-refractivity contribution in [3.63, 3.8) is 0 Å². The van der Waals surface area contributed by atoms with Crippen molar-refractivity contribution < 1.29 is 88.2 Å². The van der Waals surface area contributed by atoms with Gasteiger partial charge >= 0.3 is 29.6 Å². The van der Waals surface area contributed by atoms with E-state index in [1.165, 1.54) is 0 Å². The molecule has 18 nitrogen and oxygen atoms in total. The number of carbonyl (C=O) groups excluding carboxylic acids is 6. The Bertz CT molecular complexity index is 1750. The molecule has 0 saturated carbocycles. The number of aliphatic hydroxyl groups excluding tert-OH is 3. The monoisotopic (exact) mass is 942 g/mol. The first-order chi connectivity index (χ1) is 30.2. The van der Waals surface area contributed by atoms with Crippen LogP contribution in [0.2, 0.25) is 0 Å². The van der Waals surface area contributed by atoms with Crippen molar-refractivity contribution in [2.75, 3.05) is 43.5 Å². The zero-order valence-corrected chi connectivity index (χ0v) is 40.5. The molecule has 5 amide bonds. The van der Waals surface area contributed by atoms with Gasteiger partial charge in [-0.1, -0.05) is 67.8 Å². The van der Waals surface area contributed by atoms with Crippen LogP contribution in [0.4, 0.5) is 0 Å². The molecule has 0 aliphatic carbocycles. The van der Waals surface area contributed by atoms with E-state index in [1.54, 1.807) is 36.0 Å². The molecule has 1 saturated heterocycles. The number of aliphatic carboxylic acids is 1. The Morgan fingerprint density at radius 2 is 1.62 bits per heavy atom. The summed E-state index contributed by atoms with van der Waals surface area (Å²) in [4.78, 5) is 75.7. The second-order valence-electron chi connectivity index (χ2n) is 15.1. The first-order valence-electron chi connectivity index (χ1n) is 21.2. The van der Waals surface area contributed by atoms with Crippen LogP contribution in [-0.2, 0) is 33.4 Å². The van der Waals surface area contributed by atoms with Gasteiger partial charge in [-0.3, -0.25) is 24.0 Å². The molecule has 7 atom stereocenters. The Morgan fingerprint density at radius 1 is 0.922 bits per heavy atom. The predicted molar refractivity (Wildman–Crippen MR) is 238 cm³/mol. The number of carbonyl (C=O) groups is 6. The summed E-state index contributed by atoms with van der Waals surface area (Å²) in [5.74, 6) is -4.88. The number of thioether (sulfide) groups is 1. The first-order valence-corrected chi connectivity index (χ1v) is 23.4. The molecule has 3 rings (SSSR count). The van der Waals surface area contributed by atoms with E-state index in [9.17, 15) is 49.2 Å². The predicted octanol–water partition coefficient (Wildman–Crippen LogP) is -2.88. The number of carboxylic acids is 1. The number of ether oxygens (including phenoxy) is 2. The van der Waals surface area contributed by atoms with Crippen molar-refractivity contribution in [3.8, 4) is 11.1 Å². The van der Waals surface area contributed by atoms with Crippen molar-refractivity contribution in [2.24, 2.45) is 5.73 Å². The number of carboxylic acid groups (broad SMARTS) is 1. The van der Waals surface area contributed by atoms with E-state index in [0.717, 1.165) is 55.0 Å². The standard InChI is InChI=1S/C43H64N6O12S2.Na/c1-3-23-62-25-21-45-41(57)32(48-35(53)13-8-5-9-20-44)18-19-36(54)49-63-24-10-22-60-43(42(58)59)26-33(51)37(47-28(2)50)39(61-43)38(55)34(52)27-46-40(56)31-16-14-30(15-17-31)29-11-6-4-7-12-29;/h4,6-7,11-12,14-17,32-34,37-39,51-52,55H,3,5,8-10,13,18-27,44H2,1-2H3,(H,45,57)(H,46,56)(H,47,50)(H,48,53)(H,49,54)(H,58,59);/q;+1/p-1/t32?,33-,34+,37+,38+,39+,43+;/m0./s1. The molecule has 1 heterocycles. The molecule has 1 aliphatic heterocycles. The van der Waals surface area contributed by atoms with Crippen molar-refractivity contribution in [1.82, 2.24) is 26.0 Å². The molecule has 0 bridgehead atoms. The average molecular weight is 943 g/mol. The molecule has 21 heteroatoms. The summed E-state index contributed by atoms with van der Waals surface area (Å²) >= 11 is 2.70. The molecule has 2 aromatic rings. The number of hydrogen-bond donors (Lipinski definition) is 9. The number of aliphatic hydroxyl groups is 3. The summed E-state index contributed by atoms with van der Waals surface area (Å²) in [7, 11) is 0. The second kappa shape index (κ2) is 30.8. The fraction of sp³-hybridized carbons (Fsp3) is 0.581. The Hall–Kier alpha value is -3.28. The van der Waals surface area contributed by atoms with E-state index < -0.39 is 78.9 Å². The first kappa shape index (κ1) is 56.8. The van der Waals surface area contributed by atoms with E-state index in [2.05, 4.69) is 32.9 Å². The maximum Gasteiger partial charge on any atom is 1.00 e. The fourth-order valence-electron chi connectivity index (χ4n) is 6.61. The molecule has 1 unspecified atom stereocenters. The van der Waals surface area contributed by atoms with Crippen LogP contribution in [0.1, 0.15) is 82.0 Å². The second-order valence-corrected chi connectivity index (χ2v) is 17.2. The SMILES string of the molecule is CCCSCCNC(=O)C(CCC(=O)NSCCCO[C@]1(C(=O)[O-])C[C@H](O)[C@@H](NC(C)=O)[C@H]([C@H](O)[C@H](O)CNC(=O)c2ccc(-c3ccccc3)cc2)O1)NC(=O)CCCCCN.[Na+]. The van der Waals surface area contributed by atoms with Crippen LogP contribution in [0, 0.1) is 0 Å². The fourth-order valence-corrected chi connectivity index (χ4v) is 7.98. The largest absolute Gasteiger partial charge is 1.00 e. The third kappa shape index (κ3) is 19.7. The molecule has 350 valence electrons. The van der Waals surface area contributed by atoms with Crippen molar-refractivity contribution in [1.29, 1.82) is 0 Å². The van der Waals surface area contributed by atoms with Gasteiger partial charge < -0.3 is 66.4 Å². The van der Waals surface area contributed by atoms with Crippen molar-refractivity contribution >= 4 is 59.2 Å². The van der Waals surface area contributed by atoms with Gasteiger partial charge in [-0.15, -0.1) is 0 Å². The molecule has 2 aromatic carbocycles. The van der Waals surface area contributed by atoms with Crippen LogP contribution in [-0.4, -0.2) is 137 Å². The minimum atomic E-state index is -2.61. The van der Waals surface area contributed by atoms with E-state index >= 15 is 0 Å². The van der Waals surface area contributed by atoms with Gasteiger partial charge in [0, 0.05) is 56.3 Å².